The molecule has 5 heteroatoms. The normalized spacial score (nSPS) is 10.1. The van der Waals surface area contributed by atoms with E-state index in [1.807, 2.05) is 13.0 Å². The van der Waals surface area contributed by atoms with Crippen molar-refractivity contribution in [2.24, 2.45) is 0 Å². The van der Waals surface area contributed by atoms with Crippen molar-refractivity contribution in [1.29, 1.82) is 5.26 Å². The van der Waals surface area contributed by atoms with E-state index in [0.717, 1.165) is 0 Å². The van der Waals surface area contributed by atoms with E-state index in [9.17, 15) is 0 Å². The fraction of sp³-hybridized carbons (Fsp3) is 0.231. The van der Waals surface area contributed by atoms with Crippen LogP contribution < -0.4 is 9.47 Å². The molecule has 1 aromatic carbocycles. The predicted molar refractivity (Wildman–Crippen MR) is 69.2 cm³/mol. The number of nitrogens with zero attached hydrogens (tertiary/aromatic N) is 2. The van der Waals surface area contributed by atoms with E-state index in [-0.39, 0.29) is 0 Å². The van der Waals surface area contributed by atoms with Gasteiger partial charge in [-0.15, -0.1) is 0 Å². The van der Waals surface area contributed by atoms with Crippen LogP contribution in [0.1, 0.15) is 12.5 Å². The van der Waals surface area contributed by atoms with Crippen molar-refractivity contribution in [1.82, 2.24) is 4.98 Å². The summed E-state index contributed by atoms with van der Waals surface area (Å²) in [7, 11) is 1.55. The molecule has 4 nitrogen and oxygen atoms in total. The number of nitriles is 1. The smallest absolute Gasteiger partial charge is 0.163 e. The van der Waals surface area contributed by atoms with Gasteiger partial charge in [-0.05, 0) is 13.0 Å². The molecule has 0 N–H and O–H groups in total. The van der Waals surface area contributed by atoms with E-state index < -0.39 is 0 Å². The van der Waals surface area contributed by atoms with Gasteiger partial charge in [0.1, 0.15) is 6.07 Å². The van der Waals surface area contributed by atoms with Gasteiger partial charge >= 0.3 is 0 Å². The van der Waals surface area contributed by atoms with Crippen LogP contribution in [0.2, 0.25) is 5.02 Å². The van der Waals surface area contributed by atoms with Crippen molar-refractivity contribution in [3.05, 3.63) is 28.9 Å². The molecular weight excluding hydrogens is 252 g/mol. The number of rotatable bonds is 3. The predicted octanol–water partition coefficient (Wildman–Crippen LogP) is 3.17. The summed E-state index contributed by atoms with van der Waals surface area (Å²) in [4.78, 5) is 4.19. The molecule has 0 saturated carbocycles. The molecule has 0 aliphatic carbocycles. The van der Waals surface area contributed by atoms with Crippen molar-refractivity contribution in [3.63, 3.8) is 0 Å². The number of halogens is 1. The molecule has 1 heterocycles. The van der Waals surface area contributed by atoms with Crippen LogP contribution in [0.5, 0.6) is 11.5 Å². The molecule has 0 aliphatic rings. The molecule has 0 bridgehead atoms. The van der Waals surface area contributed by atoms with E-state index >= 15 is 0 Å². The van der Waals surface area contributed by atoms with E-state index in [0.29, 0.717) is 39.6 Å². The van der Waals surface area contributed by atoms with Crippen LogP contribution in [0.25, 0.3) is 10.9 Å². The number of hydrogen-bond donors (Lipinski definition) is 0. The van der Waals surface area contributed by atoms with Gasteiger partial charge in [0.2, 0.25) is 0 Å². The Morgan fingerprint density at radius 3 is 2.78 bits per heavy atom. The van der Waals surface area contributed by atoms with Gasteiger partial charge in [0.25, 0.3) is 0 Å². The van der Waals surface area contributed by atoms with Gasteiger partial charge in [-0.25, -0.2) is 0 Å². The van der Waals surface area contributed by atoms with Gasteiger partial charge in [0.15, 0.2) is 11.5 Å². The maximum atomic E-state index is 8.91. The first kappa shape index (κ1) is 12.5. The molecule has 2 rings (SSSR count). The quantitative estimate of drug-likeness (QED) is 0.853. The Morgan fingerprint density at radius 2 is 2.17 bits per heavy atom. The molecule has 0 aliphatic heterocycles. The molecule has 0 spiro atoms. The molecule has 92 valence electrons. The van der Waals surface area contributed by atoms with E-state index in [1.54, 1.807) is 19.2 Å². The lowest BCUT2D eigenvalue weighted by Crippen LogP contribution is -1.96. The molecular formula is C13H11ClN2O2. The summed E-state index contributed by atoms with van der Waals surface area (Å²) in [6.07, 6.45) is 1.45. The third kappa shape index (κ3) is 2.05. The summed E-state index contributed by atoms with van der Waals surface area (Å²) in [5.74, 6) is 1.18. The fourth-order valence-corrected chi connectivity index (χ4v) is 1.92. The zero-order chi connectivity index (χ0) is 13.1. The second kappa shape index (κ2) is 5.11. The Bertz CT molecular complexity index is 635. The summed E-state index contributed by atoms with van der Waals surface area (Å²) in [6.45, 7) is 2.43. The fourth-order valence-electron chi connectivity index (χ4n) is 1.67. The molecule has 18 heavy (non-hydrogen) atoms. The Hall–Kier alpha value is -1.99. The third-order valence-electron chi connectivity index (χ3n) is 2.51. The van der Waals surface area contributed by atoms with Crippen LogP contribution in [-0.2, 0) is 0 Å². The average Bonchev–Trinajstić information content (AvgIpc) is 2.39. The maximum Gasteiger partial charge on any atom is 0.163 e. The zero-order valence-corrected chi connectivity index (χ0v) is 10.8. The number of pyridine rings is 1. The van der Waals surface area contributed by atoms with Gasteiger partial charge in [-0.1, -0.05) is 11.6 Å². The number of methoxy groups -OCH3 is 1. The lowest BCUT2D eigenvalue weighted by Gasteiger charge is -2.11. The Labute approximate surface area is 110 Å². The summed E-state index contributed by atoms with van der Waals surface area (Å²) in [5, 5.41) is 9.97. The standard InChI is InChI=1S/C13H11ClN2O2/c1-3-18-12-5-10-9(4-11(12)17-2)13(14)8(6-15)7-16-10/h4-5,7H,3H2,1-2H3. The van der Waals surface area contributed by atoms with Crippen molar-refractivity contribution in [3.8, 4) is 17.6 Å². The van der Waals surface area contributed by atoms with Gasteiger partial charge < -0.3 is 9.47 Å². The SMILES string of the molecule is CCOc1cc2ncc(C#N)c(Cl)c2cc1OC. The van der Waals surface area contributed by atoms with Crippen LogP contribution >= 0.6 is 11.6 Å². The first-order chi connectivity index (χ1) is 8.71. The topological polar surface area (TPSA) is 55.1 Å². The van der Waals surface area contributed by atoms with Gasteiger partial charge in [-0.3, -0.25) is 4.98 Å². The van der Waals surface area contributed by atoms with Crippen molar-refractivity contribution < 1.29 is 9.47 Å². The molecule has 0 saturated heterocycles. The largest absolute Gasteiger partial charge is 0.493 e. The molecule has 0 unspecified atom stereocenters. The van der Waals surface area contributed by atoms with Crippen LogP contribution in [-0.4, -0.2) is 18.7 Å². The van der Waals surface area contributed by atoms with E-state index in [2.05, 4.69) is 4.98 Å². The highest BCUT2D eigenvalue weighted by Crippen LogP contribution is 2.35. The second-order valence-electron chi connectivity index (χ2n) is 3.55. The minimum atomic E-state index is 0.343. The number of fused-ring (bicyclic) bond motifs is 1. The molecule has 0 atom stereocenters. The molecule has 0 radical (unpaired) electrons. The number of ether oxygens (including phenoxy) is 2. The van der Waals surface area contributed by atoms with Crippen LogP contribution in [0, 0.1) is 11.3 Å². The van der Waals surface area contributed by atoms with Gasteiger partial charge in [-0.2, -0.15) is 5.26 Å². The minimum Gasteiger partial charge on any atom is -0.493 e. The van der Waals surface area contributed by atoms with Crippen LogP contribution in [0.3, 0.4) is 0 Å². The van der Waals surface area contributed by atoms with E-state index in [1.165, 1.54) is 6.20 Å². The van der Waals surface area contributed by atoms with Gasteiger partial charge in [0.05, 0.1) is 29.8 Å². The summed E-state index contributed by atoms with van der Waals surface area (Å²) >= 11 is 6.14. The molecule has 0 fully saturated rings. The highest BCUT2D eigenvalue weighted by Gasteiger charge is 2.12. The molecule has 2 aromatic rings. The van der Waals surface area contributed by atoms with Crippen molar-refractivity contribution in [2.45, 2.75) is 6.92 Å². The maximum absolute atomic E-state index is 8.91. The highest BCUT2D eigenvalue weighted by atomic mass is 35.5. The Balaban J connectivity index is 2.71. The van der Waals surface area contributed by atoms with Gasteiger partial charge in [0, 0.05) is 17.6 Å². The molecule has 1 aromatic heterocycles. The monoisotopic (exact) mass is 262 g/mol. The van der Waals surface area contributed by atoms with Crippen LogP contribution in [0.15, 0.2) is 18.3 Å². The van der Waals surface area contributed by atoms with Crippen LogP contribution in [0.4, 0.5) is 0 Å². The first-order valence-electron chi connectivity index (χ1n) is 5.40. The van der Waals surface area contributed by atoms with Crippen molar-refractivity contribution >= 4 is 22.5 Å². The highest BCUT2D eigenvalue weighted by molar-refractivity contribution is 6.36. The summed E-state index contributed by atoms with van der Waals surface area (Å²) < 4.78 is 10.7. The first-order valence-corrected chi connectivity index (χ1v) is 5.78. The zero-order valence-electron chi connectivity index (χ0n) is 10.0. The number of benzene rings is 1. The average molecular weight is 263 g/mol. The lowest BCUT2D eigenvalue weighted by molar-refractivity contribution is 0.311. The lowest BCUT2D eigenvalue weighted by atomic mass is 10.1. The van der Waals surface area contributed by atoms with Crippen molar-refractivity contribution in [2.75, 3.05) is 13.7 Å². The third-order valence-corrected chi connectivity index (χ3v) is 2.92. The minimum absolute atomic E-state index is 0.343. The Morgan fingerprint density at radius 1 is 1.39 bits per heavy atom. The van der Waals surface area contributed by atoms with E-state index in [4.69, 9.17) is 26.3 Å². The second-order valence-corrected chi connectivity index (χ2v) is 3.93. The Kier molecular flexibility index (Phi) is 3.54. The summed E-state index contributed by atoms with van der Waals surface area (Å²) in [5.41, 5.74) is 1.01. The summed E-state index contributed by atoms with van der Waals surface area (Å²) in [6, 6.07) is 5.49. The molecule has 0 amide bonds. The number of aromatic nitrogens is 1. The number of hydrogen-bond acceptors (Lipinski definition) is 4.